The molecule has 1 aromatic heterocycles. The number of methoxy groups -OCH3 is 1. The highest BCUT2D eigenvalue weighted by Crippen LogP contribution is 2.35. The van der Waals surface area contributed by atoms with Gasteiger partial charge in [-0.05, 0) is 18.2 Å². The van der Waals surface area contributed by atoms with E-state index in [0.717, 1.165) is 6.07 Å². The van der Waals surface area contributed by atoms with E-state index in [-0.39, 0.29) is 34.0 Å². The van der Waals surface area contributed by atoms with Crippen molar-refractivity contribution in [2.24, 2.45) is 0 Å². The molecule has 2 heterocycles. The van der Waals surface area contributed by atoms with Crippen LogP contribution in [0.4, 0.5) is 0 Å². The SMILES string of the molecule is COc1cc(O[C@@H]2O[C@H](CO)[C@H](O)[C@H](O)[C@H]2O)c2c(=O)cc(-c3ccc(O)c(O)c3)oc2c1. The van der Waals surface area contributed by atoms with Crippen LogP contribution in [-0.2, 0) is 4.74 Å². The van der Waals surface area contributed by atoms with Crippen LogP contribution in [0.15, 0.2) is 45.6 Å². The monoisotopic (exact) mass is 462 g/mol. The quantitative estimate of drug-likeness (QED) is 0.282. The molecule has 11 nitrogen and oxygen atoms in total. The Morgan fingerprint density at radius 2 is 1.73 bits per heavy atom. The molecule has 33 heavy (non-hydrogen) atoms. The van der Waals surface area contributed by atoms with Crippen LogP contribution in [0.5, 0.6) is 23.0 Å². The zero-order valence-electron chi connectivity index (χ0n) is 17.3. The Kier molecular flexibility index (Phi) is 6.15. The van der Waals surface area contributed by atoms with Crippen LogP contribution < -0.4 is 14.9 Å². The Hall–Kier alpha value is -3.35. The fourth-order valence-electron chi connectivity index (χ4n) is 3.55. The number of ether oxygens (including phenoxy) is 3. The summed E-state index contributed by atoms with van der Waals surface area (Å²) in [5, 5.41) is 58.8. The summed E-state index contributed by atoms with van der Waals surface area (Å²) in [6.07, 6.45) is -7.64. The molecule has 11 heteroatoms. The molecule has 1 saturated heterocycles. The minimum Gasteiger partial charge on any atom is -0.504 e. The van der Waals surface area contributed by atoms with Crippen molar-refractivity contribution in [2.75, 3.05) is 13.7 Å². The van der Waals surface area contributed by atoms with Gasteiger partial charge in [-0.1, -0.05) is 0 Å². The summed E-state index contributed by atoms with van der Waals surface area (Å²) in [6, 6.07) is 7.86. The zero-order valence-corrected chi connectivity index (χ0v) is 17.3. The smallest absolute Gasteiger partial charge is 0.229 e. The van der Waals surface area contributed by atoms with Crippen molar-refractivity contribution in [1.82, 2.24) is 0 Å². The van der Waals surface area contributed by atoms with Gasteiger partial charge in [0.05, 0.1) is 13.7 Å². The van der Waals surface area contributed by atoms with E-state index < -0.39 is 48.5 Å². The third kappa shape index (κ3) is 4.19. The van der Waals surface area contributed by atoms with Crippen molar-refractivity contribution in [2.45, 2.75) is 30.7 Å². The maximum Gasteiger partial charge on any atom is 0.229 e. The number of rotatable bonds is 5. The van der Waals surface area contributed by atoms with E-state index in [2.05, 4.69) is 0 Å². The molecular weight excluding hydrogens is 440 g/mol. The van der Waals surface area contributed by atoms with Gasteiger partial charge in [-0.2, -0.15) is 0 Å². The summed E-state index contributed by atoms with van der Waals surface area (Å²) >= 11 is 0. The van der Waals surface area contributed by atoms with Crippen LogP contribution in [0, 0.1) is 0 Å². The normalized spacial score (nSPS) is 25.2. The first-order chi connectivity index (χ1) is 15.7. The lowest BCUT2D eigenvalue weighted by molar-refractivity contribution is -0.277. The fraction of sp³-hybridized carbons (Fsp3) is 0.318. The molecule has 176 valence electrons. The molecule has 0 amide bonds. The number of aliphatic hydroxyl groups excluding tert-OH is 4. The molecule has 0 saturated carbocycles. The molecule has 0 spiro atoms. The summed E-state index contributed by atoms with van der Waals surface area (Å²) in [5.74, 6) is -0.500. The third-order valence-corrected chi connectivity index (χ3v) is 5.36. The molecule has 0 unspecified atom stereocenters. The molecule has 2 aromatic carbocycles. The topological polar surface area (TPSA) is 179 Å². The van der Waals surface area contributed by atoms with Crippen molar-refractivity contribution in [3.63, 3.8) is 0 Å². The highest BCUT2D eigenvalue weighted by atomic mass is 16.7. The number of phenols is 2. The van der Waals surface area contributed by atoms with Crippen molar-refractivity contribution >= 4 is 11.0 Å². The van der Waals surface area contributed by atoms with Gasteiger partial charge >= 0.3 is 0 Å². The second-order valence-corrected chi connectivity index (χ2v) is 7.49. The number of hydrogen-bond acceptors (Lipinski definition) is 11. The summed E-state index contributed by atoms with van der Waals surface area (Å²) < 4.78 is 22.1. The van der Waals surface area contributed by atoms with Gasteiger partial charge in [-0.3, -0.25) is 4.79 Å². The molecule has 6 N–H and O–H groups in total. The largest absolute Gasteiger partial charge is 0.504 e. The standard InChI is InChI=1S/C22H22O11/c1-30-10-5-15-18(13(26)7-14(31-15)9-2-3-11(24)12(25)4-9)16(6-10)32-22-21(29)20(28)19(27)17(8-23)33-22/h2-7,17,19-25,27-29H,8H2,1H3/t17-,19+,20+,21-,22-/m1/s1. The first kappa shape index (κ1) is 22.8. The maximum atomic E-state index is 13.0. The van der Waals surface area contributed by atoms with Gasteiger partial charge in [0.25, 0.3) is 0 Å². The van der Waals surface area contributed by atoms with Crippen LogP contribution in [0.25, 0.3) is 22.3 Å². The van der Waals surface area contributed by atoms with E-state index in [9.17, 15) is 35.4 Å². The van der Waals surface area contributed by atoms with Gasteiger partial charge in [-0.15, -0.1) is 0 Å². The highest BCUT2D eigenvalue weighted by molar-refractivity contribution is 5.86. The molecule has 3 aromatic rings. The average molecular weight is 462 g/mol. The number of aliphatic hydroxyl groups is 4. The molecule has 1 fully saturated rings. The van der Waals surface area contributed by atoms with Gasteiger partial charge in [0, 0.05) is 23.8 Å². The third-order valence-electron chi connectivity index (χ3n) is 5.36. The molecule has 1 aliphatic heterocycles. The van der Waals surface area contributed by atoms with Gasteiger partial charge in [0.2, 0.25) is 6.29 Å². The van der Waals surface area contributed by atoms with Crippen LogP contribution in [0.1, 0.15) is 0 Å². The molecule has 1 aliphatic rings. The van der Waals surface area contributed by atoms with E-state index >= 15 is 0 Å². The Morgan fingerprint density at radius 1 is 0.970 bits per heavy atom. The van der Waals surface area contributed by atoms with Gasteiger partial charge in [-0.25, -0.2) is 0 Å². The second-order valence-electron chi connectivity index (χ2n) is 7.49. The zero-order chi connectivity index (χ0) is 23.9. The van der Waals surface area contributed by atoms with Crippen molar-refractivity contribution in [1.29, 1.82) is 0 Å². The van der Waals surface area contributed by atoms with Gasteiger partial charge < -0.3 is 49.3 Å². The number of aromatic hydroxyl groups is 2. The van der Waals surface area contributed by atoms with Crippen LogP contribution in [0.3, 0.4) is 0 Å². The average Bonchev–Trinajstić information content (AvgIpc) is 2.80. The Labute approximate surface area is 186 Å². The molecule has 0 radical (unpaired) electrons. The van der Waals surface area contributed by atoms with Crippen molar-refractivity contribution in [3.8, 4) is 34.3 Å². The summed E-state index contributed by atoms with van der Waals surface area (Å²) in [6.45, 7) is -0.644. The lowest BCUT2D eigenvalue weighted by atomic mass is 9.99. The first-order valence-corrected chi connectivity index (χ1v) is 9.89. The lowest BCUT2D eigenvalue weighted by Crippen LogP contribution is -2.60. The second kappa shape index (κ2) is 8.89. The Morgan fingerprint density at radius 3 is 2.39 bits per heavy atom. The highest BCUT2D eigenvalue weighted by Gasteiger charge is 2.45. The van der Waals surface area contributed by atoms with E-state index in [1.165, 1.54) is 37.4 Å². The van der Waals surface area contributed by atoms with Crippen LogP contribution in [0.2, 0.25) is 0 Å². The first-order valence-electron chi connectivity index (χ1n) is 9.89. The summed E-state index contributed by atoms with van der Waals surface area (Å²) in [4.78, 5) is 13.0. The number of benzene rings is 2. The van der Waals surface area contributed by atoms with E-state index in [4.69, 9.17) is 18.6 Å². The summed E-state index contributed by atoms with van der Waals surface area (Å²) in [7, 11) is 1.37. The van der Waals surface area contributed by atoms with Crippen molar-refractivity contribution < 1.29 is 49.3 Å². The van der Waals surface area contributed by atoms with Crippen molar-refractivity contribution in [3.05, 3.63) is 46.6 Å². The van der Waals surface area contributed by atoms with E-state index in [1.807, 2.05) is 0 Å². The maximum absolute atomic E-state index is 13.0. The van der Waals surface area contributed by atoms with Gasteiger partial charge in [0.1, 0.15) is 52.6 Å². The molecule has 0 aliphatic carbocycles. The Balaban J connectivity index is 1.79. The summed E-state index contributed by atoms with van der Waals surface area (Å²) in [5.41, 5.74) is -0.173. The Bertz CT molecular complexity index is 1220. The predicted octanol–water partition coefficient (Wildman–Crippen LogP) is 0.0585. The number of phenolic OH excluding ortho intramolecular Hbond substituents is 2. The van der Waals surface area contributed by atoms with Crippen LogP contribution in [-0.4, -0.2) is 75.1 Å². The van der Waals surface area contributed by atoms with Gasteiger partial charge in [0.15, 0.2) is 16.9 Å². The number of hydrogen-bond donors (Lipinski definition) is 6. The molecular formula is C22H22O11. The number of fused-ring (bicyclic) bond motifs is 1. The molecule has 4 rings (SSSR count). The van der Waals surface area contributed by atoms with E-state index in [0.29, 0.717) is 5.56 Å². The van der Waals surface area contributed by atoms with Crippen LogP contribution >= 0.6 is 0 Å². The predicted molar refractivity (Wildman–Crippen MR) is 112 cm³/mol. The minimum atomic E-state index is -1.68. The molecule has 5 atom stereocenters. The fourth-order valence-corrected chi connectivity index (χ4v) is 3.55. The molecule has 0 bridgehead atoms. The van der Waals surface area contributed by atoms with E-state index in [1.54, 1.807) is 0 Å². The minimum absolute atomic E-state index is 0.0282. The lowest BCUT2D eigenvalue weighted by Gasteiger charge is -2.39.